The van der Waals surface area contributed by atoms with Crippen LogP contribution in [-0.4, -0.2) is 31.0 Å². The highest BCUT2D eigenvalue weighted by molar-refractivity contribution is 7.86. The summed E-state index contributed by atoms with van der Waals surface area (Å²) in [5.74, 6) is -0.364. The Morgan fingerprint density at radius 1 is 0.741 bits per heavy atom. The monoisotopic (exact) mass is 408 g/mol. The SMILES string of the molecule is O=S(=O)(O)c1ccc(/N=N/c2c(O)ccc3cccc(S(=O)(=O)O)c23)cc1. The van der Waals surface area contributed by atoms with Crippen LogP contribution in [0.25, 0.3) is 10.8 Å². The molecular formula is C16H12N2O7S2. The van der Waals surface area contributed by atoms with Crippen LogP contribution in [0.2, 0.25) is 0 Å². The molecule has 11 heteroatoms. The van der Waals surface area contributed by atoms with Crippen LogP contribution in [0.3, 0.4) is 0 Å². The molecule has 0 atom stereocenters. The Labute approximate surface area is 154 Å². The lowest BCUT2D eigenvalue weighted by Crippen LogP contribution is -1.99. The number of rotatable bonds is 4. The molecular weight excluding hydrogens is 396 g/mol. The maximum atomic E-state index is 11.6. The summed E-state index contributed by atoms with van der Waals surface area (Å²) in [6.45, 7) is 0. The van der Waals surface area contributed by atoms with Crippen LogP contribution in [-0.2, 0) is 20.2 Å². The van der Waals surface area contributed by atoms with E-state index in [1.54, 1.807) is 6.07 Å². The van der Waals surface area contributed by atoms with Crippen LogP contribution in [0.1, 0.15) is 0 Å². The minimum Gasteiger partial charge on any atom is -0.506 e. The van der Waals surface area contributed by atoms with Crippen LogP contribution >= 0.6 is 0 Å². The second kappa shape index (κ2) is 6.70. The fourth-order valence-electron chi connectivity index (χ4n) is 2.42. The van der Waals surface area contributed by atoms with E-state index in [4.69, 9.17) is 4.55 Å². The van der Waals surface area contributed by atoms with E-state index in [9.17, 15) is 26.5 Å². The van der Waals surface area contributed by atoms with Crippen LogP contribution in [0.15, 0.2) is 74.6 Å². The molecule has 0 spiro atoms. The molecule has 0 unspecified atom stereocenters. The van der Waals surface area contributed by atoms with Gasteiger partial charge < -0.3 is 5.11 Å². The lowest BCUT2D eigenvalue weighted by atomic mass is 10.1. The van der Waals surface area contributed by atoms with Crippen molar-refractivity contribution >= 4 is 42.4 Å². The van der Waals surface area contributed by atoms with Gasteiger partial charge >= 0.3 is 0 Å². The molecule has 3 aromatic rings. The predicted molar refractivity (Wildman–Crippen MR) is 95.9 cm³/mol. The third-order valence-electron chi connectivity index (χ3n) is 3.64. The Bertz CT molecular complexity index is 1270. The first-order valence-electron chi connectivity index (χ1n) is 7.29. The zero-order chi connectivity index (χ0) is 19.8. The van der Waals surface area contributed by atoms with E-state index in [-0.39, 0.29) is 27.4 Å². The molecule has 0 heterocycles. The lowest BCUT2D eigenvalue weighted by molar-refractivity contribution is 0.476. The minimum atomic E-state index is -4.58. The average Bonchev–Trinajstić information content (AvgIpc) is 2.59. The molecule has 3 aromatic carbocycles. The molecule has 0 aliphatic rings. The van der Waals surface area contributed by atoms with E-state index in [2.05, 4.69) is 10.2 Å². The van der Waals surface area contributed by atoms with Crippen molar-refractivity contribution in [1.29, 1.82) is 0 Å². The Balaban J connectivity index is 2.14. The predicted octanol–water partition coefficient (Wildman–Crippen LogP) is 3.45. The number of nitrogens with zero attached hydrogens (tertiary/aromatic N) is 2. The zero-order valence-corrected chi connectivity index (χ0v) is 15.0. The Hall–Kier alpha value is -2.86. The highest BCUT2D eigenvalue weighted by Gasteiger charge is 2.19. The van der Waals surface area contributed by atoms with Crippen molar-refractivity contribution in [2.24, 2.45) is 10.2 Å². The first kappa shape index (κ1) is 18.9. The lowest BCUT2D eigenvalue weighted by Gasteiger charge is -2.08. The van der Waals surface area contributed by atoms with E-state index >= 15 is 0 Å². The summed E-state index contributed by atoms with van der Waals surface area (Å²) in [5.41, 5.74) is 0.00252. The maximum Gasteiger partial charge on any atom is 0.295 e. The van der Waals surface area contributed by atoms with Gasteiger partial charge in [0.2, 0.25) is 0 Å². The molecule has 140 valence electrons. The molecule has 27 heavy (non-hydrogen) atoms. The van der Waals surface area contributed by atoms with Crippen molar-refractivity contribution in [3.8, 4) is 5.75 Å². The number of azo groups is 1. The topological polar surface area (TPSA) is 154 Å². The number of hydrogen-bond acceptors (Lipinski definition) is 7. The van der Waals surface area contributed by atoms with Gasteiger partial charge in [-0.2, -0.15) is 21.9 Å². The largest absolute Gasteiger partial charge is 0.506 e. The fourth-order valence-corrected chi connectivity index (χ4v) is 3.63. The van der Waals surface area contributed by atoms with E-state index in [0.717, 1.165) is 18.2 Å². The van der Waals surface area contributed by atoms with Crippen molar-refractivity contribution < 1.29 is 31.0 Å². The number of benzene rings is 3. The number of fused-ring (bicyclic) bond motifs is 1. The first-order chi connectivity index (χ1) is 12.6. The summed E-state index contributed by atoms with van der Waals surface area (Å²) in [5, 5.41) is 18.2. The molecule has 0 saturated heterocycles. The number of phenols is 1. The summed E-state index contributed by atoms with van der Waals surface area (Å²) in [6.07, 6.45) is 0. The van der Waals surface area contributed by atoms with Crippen molar-refractivity contribution in [3.05, 3.63) is 54.6 Å². The summed E-state index contributed by atoms with van der Waals surface area (Å²) < 4.78 is 63.7. The Morgan fingerprint density at radius 3 is 2.00 bits per heavy atom. The molecule has 0 saturated carbocycles. The van der Waals surface area contributed by atoms with Crippen molar-refractivity contribution in [2.45, 2.75) is 9.79 Å². The van der Waals surface area contributed by atoms with E-state index in [1.165, 1.54) is 30.3 Å². The number of hydrogen-bond donors (Lipinski definition) is 3. The van der Waals surface area contributed by atoms with Crippen molar-refractivity contribution in [1.82, 2.24) is 0 Å². The average molecular weight is 408 g/mol. The van der Waals surface area contributed by atoms with E-state index in [1.807, 2.05) is 0 Å². The molecule has 0 fully saturated rings. The normalized spacial score (nSPS) is 12.7. The highest BCUT2D eigenvalue weighted by Crippen LogP contribution is 2.39. The summed E-state index contributed by atoms with van der Waals surface area (Å²) in [7, 11) is -8.93. The second-order valence-electron chi connectivity index (χ2n) is 5.43. The maximum absolute atomic E-state index is 11.6. The van der Waals surface area contributed by atoms with Crippen molar-refractivity contribution in [2.75, 3.05) is 0 Å². The van der Waals surface area contributed by atoms with Crippen LogP contribution in [0, 0.1) is 0 Å². The quantitative estimate of drug-likeness (QED) is 0.441. The third kappa shape index (κ3) is 3.95. The van der Waals surface area contributed by atoms with Gasteiger partial charge in [0.1, 0.15) is 16.3 Å². The molecule has 0 bridgehead atoms. The Kier molecular flexibility index (Phi) is 4.70. The number of phenolic OH excluding ortho intramolecular Hbond substituents is 1. The molecule has 0 aliphatic heterocycles. The molecule has 9 nitrogen and oxygen atoms in total. The van der Waals surface area contributed by atoms with Gasteiger partial charge in [-0.1, -0.05) is 18.2 Å². The summed E-state index contributed by atoms with van der Waals surface area (Å²) in [4.78, 5) is -0.769. The van der Waals surface area contributed by atoms with Crippen LogP contribution in [0.4, 0.5) is 11.4 Å². The van der Waals surface area contributed by atoms with Gasteiger partial charge in [0.15, 0.2) is 0 Å². The standard InChI is InChI=1S/C16H12N2O7S2/c19-13-9-4-10-2-1-3-14(27(23,24)25)15(10)16(13)18-17-11-5-7-12(8-6-11)26(20,21)22/h1-9,19H,(H,20,21,22)(H,23,24,25)/b18-17+. The summed E-state index contributed by atoms with van der Waals surface area (Å²) in [6, 6.07) is 11.7. The Morgan fingerprint density at radius 2 is 1.41 bits per heavy atom. The molecule has 3 N–H and O–H groups in total. The van der Waals surface area contributed by atoms with Crippen LogP contribution in [0.5, 0.6) is 5.75 Å². The smallest absolute Gasteiger partial charge is 0.295 e. The second-order valence-corrected chi connectivity index (χ2v) is 8.24. The van der Waals surface area contributed by atoms with Crippen molar-refractivity contribution in [3.63, 3.8) is 0 Å². The summed E-state index contributed by atoms with van der Waals surface area (Å²) >= 11 is 0. The van der Waals surface area contributed by atoms with Gasteiger partial charge in [0.25, 0.3) is 20.2 Å². The molecule has 0 aromatic heterocycles. The first-order valence-corrected chi connectivity index (χ1v) is 10.2. The van der Waals surface area contributed by atoms with E-state index < -0.39 is 25.1 Å². The molecule has 0 radical (unpaired) electrons. The minimum absolute atomic E-state index is 0.0155. The molecule has 0 aliphatic carbocycles. The number of aromatic hydroxyl groups is 1. The molecule has 3 rings (SSSR count). The van der Waals surface area contributed by atoms with Crippen LogP contribution < -0.4 is 0 Å². The van der Waals surface area contributed by atoms with Gasteiger partial charge in [-0.15, -0.1) is 5.11 Å². The zero-order valence-electron chi connectivity index (χ0n) is 13.4. The fraction of sp³-hybridized carbons (Fsp3) is 0. The third-order valence-corrected chi connectivity index (χ3v) is 5.40. The van der Waals surface area contributed by atoms with Gasteiger partial charge in [-0.25, -0.2) is 0 Å². The molecule has 0 amide bonds. The highest BCUT2D eigenvalue weighted by atomic mass is 32.2. The van der Waals surface area contributed by atoms with Gasteiger partial charge in [-0.05, 0) is 41.8 Å². The van der Waals surface area contributed by atoms with Gasteiger partial charge in [-0.3, -0.25) is 9.11 Å². The van der Waals surface area contributed by atoms with Gasteiger partial charge in [0.05, 0.1) is 10.6 Å². The van der Waals surface area contributed by atoms with Gasteiger partial charge in [0, 0.05) is 5.39 Å². The van der Waals surface area contributed by atoms with E-state index in [0.29, 0.717) is 5.39 Å².